The minimum atomic E-state index is -0.509. The number of aromatic nitrogens is 1. The zero-order valence-electron chi connectivity index (χ0n) is 17.6. The van der Waals surface area contributed by atoms with Gasteiger partial charge in [0, 0.05) is 50.8 Å². The van der Waals surface area contributed by atoms with Gasteiger partial charge in [-0.2, -0.15) is 0 Å². The van der Waals surface area contributed by atoms with Crippen molar-refractivity contribution in [3.63, 3.8) is 0 Å². The molecular formula is C20H31FIN5O2. The van der Waals surface area contributed by atoms with Crippen molar-refractivity contribution in [2.45, 2.75) is 32.8 Å². The van der Waals surface area contributed by atoms with Crippen molar-refractivity contribution >= 4 is 46.9 Å². The van der Waals surface area contributed by atoms with Crippen LogP contribution in [0.2, 0.25) is 0 Å². The summed E-state index contributed by atoms with van der Waals surface area (Å²) in [5.74, 6) is 0.406. The van der Waals surface area contributed by atoms with Crippen molar-refractivity contribution in [1.82, 2.24) is 20.5 Å². The summed E-state index contributed by atoms with van der Waals surface area (Å²) < 4.78 is 18.6. The molecule has 0 aliphatic carbocycles. The summed E-state index contributed by atoms with van der Waals surface area (Å²) in [6.07, 6.45) is 2.31. The molecule has 1 amide bonds. The third kappa shape index (κ3) is 8.08. The van der Waals surface area contributed by atoms with Crippen molar-refractivity contribution in [2.75, 3.05) is 33.7 Å². The van der Waals surface area contributed by atoms with E-state index < -0.39 is 5.60 Å². The van der Waals surface area contributed by atoms with Crippen molar-refractivity contribution in [2.24, 2.45) is 4.99 Å². The summed E-state index contributed by atoms with van der Waals surface area (Å²) in [6.45, 7) is 7.23. The highest BCUT2D eigenvalue weighted by Gasteiger charge is 2.19. The first-order chi connectivity index (χ1) is 13.2. The van der Waals surface area contributed by atoms with E-state index in [1.807, 2.05) is 27.0 Å². The number of benzene rings is 1. The van der Waals surface area contributed by atoms with E-state index in [4.69, 9.17) is 4.74 Å². The lowest BCUT2D eigenvalue weighted by atomic mass is 10.1. The fraction of sp³-hybridized carbons (Fsp3) is 0.500. The Balaban J connectivity index is 0.00000420. The summed E-state index contributed by atoms with van der Waals surface area (Å²) in [7, 11) is 3.40. The second-order valence-electron chi connectivity index (χ2n) is 7.58. The van der Waals surface area contributed by atoms with Crippen molar-refractivity contribution in [1.29, 1.82) is 0 Å². The van der Waals surface area contributed by atoms with E-state index in [2.05, 4.69) is 20.6 Å². The van der Waals surface area contributed by atoms with Crippen LogP contribution in [0, 0.1) is 5.82 Å². The number of carbonyl (C=O) groups excluding carboxylic acids is 1. The molecule has 29 heavy (non-hydrogen) atoms. The summed E-state index contributed by atoms with van der Waals surface area (Å²) in [5, 5.41) is 7.43. The summed E-state index contributed by atoms with van der Waals surface area (Å²) in [5.41, 5.74) is 1.40. The van der Waals surface area contributed by atoms with Gasteiger partial charge in [0.2, 0.25) is 0 Å². The Morgan fingerprint density at radius 1 is 1.28 bits per heavy atom. The molecule has 0 unspecified atom stereocenters. The molecule has 0 atom stereocenters. The van der Waals surface area contributed by atoms with Gasteiger partial charge in [-0.05, 0) is 51.0 Å². The second-order valence-corrected chi connectivity index (χ2v) is 7.58. The number of hydrogen-bond acceptors (Lipinski definition) is 3. The third-order valence-corrected chi connectivity index (χ3v) is 4.08. The molecule has 1 aromatic carbocycles. The fourth-order valence-electron chi connectivity index (χ4n) is 2.67. The Labute approximate surface area is 188 Å². The monoisotopic (exact) mass is 519 g/mol. The Morgan fingerprint density at radius 2 is 1.97 bits per heavy atom. The Kier molecular flexibility index (Phi) is 9.67. The first-order valence-corrected chi connectivity index (χ1v) is 9.34. The molecule has 1 aromatic heterocycles. The highest BCUT2D eigenvalue weighted by atomic mass is 127. The number of carbonyl (C=O) groups is 1. The molecule has 0 radical (unpaired) electrons. The smallest absolute Gasteiger partial charge is 0.410 e. The van der Waals surface area contributed by atoms with Crippen LogP contribution in [-0.2, 0) is 11.2 Å². The predicted molar refractivity (Wildman–Crippen MR) is 126 cm³/mol. The van der Waals surface area contributed by atoms with E-state index in [1.165, 1.54) is 17.0 Å². The molecule has 1 heterocycles. The minimum absolute atomic E-state index is 0. The second kappa shape index (κ2) is 11.2. The maximum absolute atomic E-state index is 13.3. The standard InChI is InChI=1S/C20H30FN5O2.HI/c1-20(2,3)28-19(27)26(5)11-10-24-18(22-4)23-9-8-14-13-25-17-12-15(21)6-7-16(14)17;/h6-7,12-13,25H,8-11H2,1-5H3,(H2,22,23,24);1H. The molecule has 0 spiro atoms. The van der Waals surface area contributed by atoms with Gasteiger partial charge < -0.3 is 25.3 Å². The molecule has 0 aliphatic rings. The molecule has 0 bridgehead atoms. The van der Waals surface area contributed by atoms with Crippen molar-refractivity contribution in [3.05, 3.63) is 35.8 Å². The number of likely N-dealkylation sites (N-methyl/N-ethyl adjacent to an activating group) is 1. The predicted octanol–water partition coefficient (Wildman–Crippen LogP) is 3.50. The third-order valence-electron chi connectivity index (χ3n) is 4.08. The molecule has 0 saturated carbocycles. The van der Waals surface area contributed by atoms with Gasteiger partial charge in [0.05, 0.1) is 0 Å². The lowest BCUT2D eigenvalue weighted by molar-refractivity contribution is 0.0302. The number of guanidine groups is 1. The molecule has 2 rings (SSSR count). The van der Waals surface area contributed by atoms with Crippen LogP contribution in [-0.4, -0.2) is 61.3 Å². The van der Waals surface area contributed by atoms with E-state index in [0.717, 1.165) is 22.9 Å². The average molecular weight is 519 g/mol. The summed E-state index contributed by atoms with van der Waals surface area (Å²) in [4.78, 5) is 20.7. The maximum atomic E-state index is 13.3. The minimum Gasteiger partial charge on any atom is -0.444 e. The van der Waals surface area contributed by atoms with Crippen LogP contribution < -0.4 is 10.6 Å². The van der Waals surface area contributed by atoms with Gasteiger partial charge in [-0.1, -0.05) is 0 Å². The van der Waals surface area contributed by atoms with Crippen molar-refractivity contribution in [3.8, 4) is 0 Å². The summed E-state index contributed by atoms with van der Waals surface area (Å²) in [6, 6.07) is 4.75. The molecule has 0 saturated heterocycles. The Bertz CT molecular complexity index is 832. The number of nitrogens with one attached hydrogen (secondary N) is 3. The van der Waals surface area contributed by atoms with Gasteiger partial charge in [-0.3, -0.25) is 4.99 Å². The van der Waals surface area contributed by atoms with Gasteiger partial charge in [-0.25, -0.2) is 9.18 Å². The van der Waals surface area contributed by atoms with Gasteiger partial charge in [0.25, 0.3) is 0 Å². The number of fused-ring (bicyclic) bond motifs is 1. The van der Waals surface area contributed by atoms with E-state index in [0.29, 0.717) is 25.6 Å². The number of rotatable bonds is 6. The Morgan fingerprint density at radius 3 is 2.62 bits per heavy atom. The van der Waals surface area contributed by atoms with Crippen LogP contribution in [0.1, 0.15) is 26.3 Å². The number of nitrogens with zero attached hydrogens (tertiary/aromatic N) is 2. The largest absolute Gasteiger partial charge is 0.444 e. The highest BCUT2D eigenvalue weighted by molar-refractivity contribution is 14.0. The topological polar surface area (TPSA) is 81.8 Å². The van der Waals surface area contributed by atoms with Crippen LogP contribution in [0.3, 0.4) is 0 Å². The lowest BCUT2D eigenvalue weighted by Crippen LogP contribution is -2.43. The van der Waals surface area contributed by atoms with Crippen LogP contribution in [0.4, 0.5) is 9.18 Å². The van der Waals surface area contributed by atoms with Crippen LogP contribution >= 0.6 is 24.0 Å². The SMILES string of the molecule is CN=C(NCCc1c[nH]c2cc(F)ccc12)NCCN(C)C(=O)OC(C)(C)C.I. The molecule has 9 heteroatoms. The summed E-state index contributed by atoms with van der Waals surface area (Å²) >= 11 is 0. The number of ether oxygens (including phenoxy) is 1. The van der Waals surface area contributed by atoms with Crippen molar-refractivity contribution < 1.29 is 13.9 Å². The van der Waals surface area contributed by atoms with Crippen LogP contribution in [0.25, 0.3) is 10.9 Å². The molecule has 7 nitrogen and oxygen atoms in total. The molecule has 3 N–H and O–H groups in total. The number of H-pyrrole nitrogens is 1. The number of halogens is 2. The number of hydrogen-bond donors (Lipinski definition) is 3. The van der Waals surface area contributed by atoms with E-state index >= 15 is 0 Å². The lowest BCUT2D eigenvalue weighted by Gasteiger charge is -2.24. The number of aliphatic imine (C=N–C) groups is 1. The van der Waals surface area contributed by atoms with E-state index in [1.54, 1.807) is 20.2 Å². The zero-order valence-corrected chi connectivity index (χ0v) is 20.0. The van der Waals surface area contributed by atoms with Gasteiger partial charge in [-0.15, -0.1) is 24.0 Å². The maximum Gasteiger partial charge on any atom is 0.410 e. The normalized spacial score (nSPS) is 11.7. The number of amides is 1. The first-order valence-electron chi connectivity index (χ1n) is 9.34. The molecule has 0 aliphatic heterocycles. The van der Waals surface area contributed by atoms with Crippen LogP contribution in [0.15, 0.2) is 29.4 Å². The van der Waals surface area contributed by atoms with Gasteiger partial charge in [0.1, 0.15) is 11.4 Å². The average Bonchev–Trinajstić information content (AvgIpc) is 3.00. The first kappa shape index (κ1) is 25.0. The molecule has 2 aromatic rings. The molecule has 0 fully saturated rings. The number of aromatic amines is 1. The van der Waals surface area contributed by atoms with Gasteiger partial charge >= 0.3 is 6.09 Å². The molecular weight excluding hydrogens is 488 g/mol. The van der Waals surface area contributed by atoms with E-state index in [-0.39, 0.29) is 35.9 Å². The van der Waals surface area contributed by atoms with E-state index in [9.17, 15) is 9.18 Å². The highest BCUT2D eigenvalue weighted by Crippen LogP contribution is 2.19. The Hall–Kier alpha value is -2.04. The van der Waals surface area contributed by atoms with Crippen LogP contribution in [0.5, 0.6) is 0 Å². The fourth-order valence-corrected chi connectivity index (χ4v) is 2.67. The van der Waals surface area contributed by atoms with Gasteiger partial charge in [0.15, 0.2) is 5.96 Å². The zero-order chi connectivity index (χ0) is 20.7. The molecule has 162 valence electrons. The quantitative estimate of drug-likeness (QED) is 0.310.